The van der Waals surface area contributed by atoms with Gasteiger partial charge < -0.3 is 19.5 Å². The Morgan fingerprint density at radius 2 is 1.97 bits per heavy atom. The number of carboxylic acid groups (broad SMARTS) is 1. The summed E-state index contributed by atoms with van der Waals surface area (Å²) in [5, 5.41) is 20.2. The second kappa shape index (κ2) is 10.2. The highest BCUT2D eigenvalue weighted by Crippen LogP contribution is 2.36. The highest BCUT2D eigenvalue weighted by Gasteiger charge is 2.28. The molecule has 2 N–H and O–H groups in total. The fourth-order valence-electron chi connectivity index (χ4n) is 5.05. The number of aromatic carboxylic acids is 1. The van der Waals surface area contributed by atoms with Gasteiger partial charge in [0.25, 0.3) is 0 Å². The Morgan fingerprint density at radius 3 is 2.62 bits per heavy atom. The summed E-state index contributed by atoms with van der Waals surface area (Å²) < 4.78 is 21.9. The lowest BCUT2D eigenvalue weighted by Gasteiger charge is -2.32. The van der Waals surface area contributed by atoms with Gasteiger partial charge in [-0.05, 0) is 42.0 Å². The molecule has 0 unspecified atom stereocenters. The number of aliphatic hydroxyl groups is 1. The van der Waals surface area contributed by atoms with Gasteiger partial charge in [0.05, 0.1) is 30.3 Å². The monoisotopic (exact) mass is 487 g/mol. The molecule has 8 heteroatoms. The Bertz CT molecular complexity index is 1280. The number of hydrogen-bond donors (Lipinski definition) is 2. The minimum Gasteiger partial charge on any atom is -0.496 e. The Kier molecular flexibility index (Phi) is 7.24. The molecule has 6 nitrogen and oxygen atoms in total. The topological polar surface area (TPSA) is 88.8 Å². The van der Waals surface area contributed by atoms with Crippen LogP contribution in [0.4, 0.5) is 4.39 Å². The van der Waals surface area contributed by atoms with E-state index in [9.17, 15) is 24.2 Å². The lowest BCUT2D eigenvalue weighted by Crippen LogP contribution is -2.28. The van der Waals surface area contributed by atoms with Gasteiger partial charge >= 0.3 is 5.97 Å². The summed E-state index contributed by atoms with van der Waals surface area (Å²) in [4.78, 5) is 25.1. The van der Waals surface area contributed by atoms with Crippen LogP contribution in [0.1, 0.15) is 59.6 Å². The summed E-state index contributed by atoms with van der Waals surface area (Å²) in [7, 11) is 1.48. The van der Waals surface area contributed by atoms with Gasteiger partial charge in [-0.25, -0.2) is 9.18 Å². The van der Waals surface area contributed by atoms with Gasteiger partial charge in [0, 0.05) is 24.1 Å². The van der Waals surface area contributed by atoms with Gasteiger partial charge in [0.2, 0.25) is 5.43 Å². The van der Waals surface area contributed by atoms with Crippen LogP contribution in [-0.4, -0.2) is 34.5 Å². The van der Waals surface area contributed by atoms with Crippen molar-refractivity contribution in [3.8, 4) is 5.75 Å². The predicted octanol–water partition coefficient (Wildman–Crippen LogP) is 5.21. The van der Waals surface area contributed by atoms with Gasteiger partial charge in [-0.2, -0.15) is 0 Å². The molecule has 1 saturated carbocycles. The average molecular weight is 488 g/mol. The third-order valence-electron chi connectivity index (χ3n) is 6.82. The molecule has 0 bridgehead atoms. The van der Waals surface area contributed by atoms with Crippen molar-refractivity contribution in [3.05, 3.63) is 74.3 Å². The van der Waals surface area contributed by atoms with Crippen LogP contribution >= 0.6 is 11.6 Å². The molecule has 0 spiro atoms. The fraction of sp³-hybridized carbons (Fsp3) is 0.385. The van der Waals surface area contributed by atoms with Gasteiger partial charge in [-0.3, -0.25) is 4.79 Å². The van der Waals surface area contributed by atoms with Crippen molar-refractivity contribution in [2.45, 2.75) is 44.6 Å². The maximum atomic E-state index is 14.6. The quantitative estimate of drug-likeness (QED) is 0.478. The van der Waals surface area contributed by atoms with Gasteiger partial charge in [-0.15, -0.1) is 0 Å². The Balaban J connectivity index is 1.93. The first-order valence-electron chi connectivity index (χ1n) is 11.4. The zero-order valence-electron chi connectivity index (χ0n) is 18.9. The van der Waals surface area contributed by atoms with E-state index in [4.69, 9.17) is 16.3 Å². The second-order valence-corrected chi connectivity index (χ2v) is 9.21. The summed E-state index contributed by atoms with van der Waals surface area (Å²) in [5.41, 5.74) is 0.337. The molecule has 0 amide bonds. The molecule has 0 saturated heterocycles. The number of carbonyl (C=O) groups is 1. The number of hydrogen-bond acceptors (Lipinski definition) is 4. The zero-order valence-corrected chi connectivity index (χ0v) is 19.6. The number of halogens is 2. The molecule has 34 heavy (non-hydrogen) atoms. The number of benzene rings is 2. The van der Waals surface area contributed by atoms with Crippen molar-refractivity contribution in [1.82, 2.24) is 4.57 Å². The molecule has 0 aliphatic heterocycles. The number of nitrogens with zero attached hydrogens (tertiary/aromatic N) is 1. The van der Waals surface area contributed by atoms with E-state index in [-0.39, 0.29) is 41.0 Å². The normalized spacial score (nSPS) is 15.4. The molecule has 1 aromatic heterocycles. The van der Waals surface area contributed by atoms with E-state index in [2.05, 4.69) is 0 Å². The van der Waals surface area contributed by atoms with E-state index in [1.807, 2.05) is 0 Å². The van der Waals surface area contributed by atoms with E-state index in [0.29, 0.717) is 22.4 Å². The van der Waals surface area contributed by atoms with Crippen LogP contribution in [0.15, 0.2) is 41.3 Å². The van der Waals surface area contributed by atoms with E-state index in [1.54, 1.807) is 28.8 Å². The molecule has 4 rings (SSSR count). The predicted molar refractivity (Wildman–Crippen MR) is 129 cm³/mol. The third kappa shape index (κ3) is 4.55. The molecule has 3 aromatic rings. The molecule has 2 aromatic carbocycles. The van der Waals surface area contributed by atoms with Crippen LogP contribution < -0.4 is 10.2 Å². The lowest BCUT2D eigenvalue weighted by atomic mass is 9.83. The molecule has 180 valence electrons. The smallest absolute Gasteiger partial charge is 0.341 e. The first-order valence-corrected chi connectivity index (χ1v) is 11.8. The van der Waals surface area contributed by atoms with Crippen molar-refractivity contribution in [1.29, 1.82) is 0 Å². The highest BCUT2D eigenvalue weighted by atomic mass is 35.5. The van der Waals surface area contributed by atoms with E-state index < -0.39 is 17.2 Å². The summed E-state index contributed by atoms with van der Waals surface area (Å²) in [6, 6.07) is 7.56. The molecule has 1 aliphatic rings. The van der Waals surface area contributed by atoms with Crippen molar-refractivity contribution >= 4 is 28.5 Å². The fourth-order valence-corrected chi connectivity index (χ4v) is 5.24. The van der Waals surface area contributed by atoms with Crippen molar-refractivity contribution in [2.24, 2.45) is 5.92 Å². The summed E-state index contributed by atoms with van der Waals surface area (Å²) in [5.74, 6) is -1.29. The summed E-state index contributed by atoms with van der Waals surface area (Å²) >= 11 is 5.93. The standard InChI is InChI=1S/C26H27ClFNO5/c1-34-23-12-21-18(11-17(23)10-16-8-5-9-20(27)24(16)28)25(31)19(26(32)33)13-29(21)22(14-30)15-6-3-2-4-7-15/h5,8-9,11-13,15,22,30H,2-4,6-7,10,14H2,1H3,(H,32,33)/t22-/m1/s1. The molecule has 0 radical (unpaired) electrons. The first-order chi connectivity index (χ1) is 16.3. The van der Waals surface area contributed by atoms with Crippen LogP contribution in [0, 0.1) is 11.7 Å². The molecule has 1 atom stereocenters. The van der Waals surface area contributed by atoms with Crippen LogP contribution in [0.3, 0.4) is 0 Å². The molecule has 1 fully saturated rings. The Labute approximate surface area is 201 Å². The number of ether oxygens (including phenoxy) is 1. The number of aromatic nitrogens is 1. The summed E-state index contributed by atoms with van der Waals surface area (Å²) in [6.07, 6.45) is 6.51. The first kappa shape index (κ1) is 24.2. The molecular weight excluding hydrogens is 461 g/mol. The molecule has 1 heterocycles. The Hall–Kier alpha value is -2.90. The van der Waals surface area contributed by atoms with Crippen molar-refractivity contribution < 1.29 is 24.1 Å². The molecule has 1 aliphatic carbocycles. The maximum Gasteiger partial charge on any atom is 0.341 e. The highest BCUT2D eigenvalue weighted by molar-refractivity contribution is 6.30. The zero-order chi connectivity index (χ0) is 24.4. The van der Waals surface area contributed by atoms with Gasteiger partial charge in [0.1, 0.15) is 17.1 Å². The largest absolute Gasteiger partial charge is 0.496 e. The SMILES string of the molecule is COc1cc2c(cc1Cc1cccc(Cl)c1F)c(=O)c(C(=O)O)cn2[C@H](CO)C1CCCCC1. The average Bonchev–Trinajstić information content (AvgIpc) is 2.84. The van der Waals surface area contributed by atoms with Crippen LogP contribution in [0.2, 0.25) is 5.02 Å². The maximum absolute atomic E-state index is 14.6. The minimum absolute atomic E-state index is 0.00829. The van der Waals surface area contributed by atoms with Crippen LogP contribution in [0.25, 0.3) is 10.9 Å². The van der Waals surface area contributed by atoms with Crippen molar-refractivity contribution in [2.75, 3.05) is 13.7 Å². The third-order valence-corrected chi connectivity index (χ3v) is 7.11. The van der Waals surface area contributed by atoms with E-state index in [0.717, 1.165) is 32.1 Å². The number of fused-ring (bicyclic) bond motifs is 1. The van der Waals surface area contributed by atoms with Gasteiger partial charge in [0.15, 0.2) is 0 Å². The number of aliphatic hydroxyl groups excluding tert-OH is 1. The van der Waals surface area contributed by atoms with Crippen LogP contribution in [0.5, 0.6) is 5.75 Å². The van der Waals surface area contributed by atoms with E-state index >= 15 is 0 Å². The summed E-state index contributed by atoms with van der Waals surface area (Å²) in [6.45, 7) is -0.181. The minimum atomic E-state index is -1.33. The number of methoxy groups -OCH3 is 1. The molecular formula is C26H27ClFNO5. The van der Waals surface area contributed by atoms with E-state index in [1.165, 1.54) is 19.4 Å². The number of rotatable bonds is 7. The second-order valence-electron chi connectivity index (χ2n) is 8.80. The van der Waals surface area contributed by atoms with Crippen LogP contribution in [-0.2, 0) is 6.42 Å². The lowest BCUT2D eigenvalue weighted by molar-refractivity contribution is 0.0693. The number of pyridine rings is 1. The number of carboxylic acids is 1. The Morgan fingerprint density at radius 1 is 1.24 bits per heavy atom. The van der Waals surface area contributed by atoms with Gasteiger partial charge in [-0.1, -0.05) is 43.0 Å². The van der Waals surface area contributed by atoms with Crippen molar-refractivity contribution in [3.63, 3.8) is 0 Å².